The number of aromatic amines is 1. The van der Waals surface area contributed by atoms with E-state index in [0.29, 0.717) is 33.6 Å². The molecule has 0 saturated carbocycles. The molecular weight excluding hydrogens is 290 g/mol. The largest absolute Gasteiger partial charge is 0.295 e. The number of fused-ring (bicyclic) bond motifs is 1. The molecule has 6 nitrogen and oxygen atoms in total. The van der Waals surface area contributed by atoms with Crippen LogP contribution in [0.5, 0.6) is 0 Å². The average Bonchev–Trinajstić information content (AvgIpc) is 2.97. The van der Waals surface area contributed by atoms with Gasteiger partial charge in [-0.3, -0.25) is 9.89 Å². The third kappa shape index (κ3) is 2.27. The van der Waals surface area contributed by atoms with Crippen LogP contribution in [0.2, 0.25) is 0 Å². The van der Waals surface area contributed by atoms with E-state index in [1.165, 1.54) is 10.7 Å². The molecule has 1 N–H and O–H groups in total. The summed E-state index contributed by atoms with van der Waals surface area (Å²) in [5, 5.41) is 21.0. The minimum Gasteiger partial charge on any atom is -0.295 e. The highest BCUT2D eigenvalue weighted by Crippen LogP contribution is 2.26. The van der Waals surface area contributed by atoms with Crippen LogP contribution in [-0.4, -0.2) is 14.6 Å². The number of nitrogens with one attached hydrogen (secondary N) is 1. The second-order valence-corrected chi connectivity index (χ2v) is 5.48. The topological polar surface area (TPSA) is 97.7 Å². The van der Waals surface area contributed by atoms with Crippen LogP contribution in [0.25, 0.3) is 16.9 Å². The first-order valence-corrected chi connectivity index (χ1v) is 7.11. The maximum atomic E-state index is 12.8. The fourth-order valence-corrected chi connectivity index (χ4v) is 2.59. The van der Waals surface area contributed by atoms with Crippen molar-refractivity contribution in [1.82, 2.24) is 14.6 Å². The quantitative estimate of drug-likeness (QED) is 0.786. The van der Waals surface area contributed by atoms with Crippen molar-refractivity contribution in [2.45, 2.75) is 19.8 Å². The van der Waals surface area contributed by atoms with E-state index < -0.39 is 0 Å². The number of rotatable bonds is 2. The van der Waals surface area contributed by atoms with Gasteiger partial charge in [-0.05, 0) is 18.1 Å². The standard InChI is InChI=1S/C17H13N5O/c1-10(2)14-15(12-5-3-4-11(6-12)7-18)21-16-13(8-19)9-20-22(16)17(14)23/h3-6,9-10,20H,1-2H3. The number of nitriles is 2. The van der Waals surface area contributed by atoms with Gasteiger partial charge in [-0.2, -0.15) is 10.5 Å². The highest BCUT2D eigenvalue weighted by molar-refractivity contribution is 5.69. The molecule has 2 heterocycles. The molecule has 112 valence electrons. The Labute approximate surface area is 132 Å². The SMILES string of the molecule is CC(C)c1c(-c2cccc(C#N)c2)nc2c(C#N)c[nH]n2c1=O. The molecule has 0 amide bonds. The van der Waals surface area contributed by atoms with Gasteiger partial charge in [-0.25, -0.2) is 9.50 Å². The average molecular weight is 303 g/mol. The first-order valence-electron chi connectivity index (χ1n) is 7.11. The van der Waals surface area contributed by atoms with Crippen LogP contribution in [0, 0.1) is 22.7 Å². The molecule has 0 unspecified atom stereocenters. The van der Waals surface area contributed by atoms with Gasteiger partial charge in [0.05, 0.1) is 17.3 Å². The summed E-state index contributed by atoms with van der Waals surface area (Å²) in [5.41, 5.74) is 2.60. The van der Waals surface area contributed by atoms with E-state index in [2.05, 4.69) is 16.2 Å². The molecule has 0 atom stereocenters. The van der Waals surface area contributed by atoms with Gasteiger partial charge in [0.2, 0.25) is 0 Å². The Balaban J connectivity index is 2.43. The molecule has 6 heteroatoms. The molecule has 0 aliphatic carbocycles. The van der Waals surface area contributed by atoms with Crippen molar-refractivity contribution in [1.29, 1.82) is 10.5 Å². The van der Waals surface area contributed by atoms with E-state index in [4.69, 9.17) is 10.5 Å². The fourth-order valence-electron chi connectivity index (χ4n) is 2.59. The summed E-state index contributed by atoms with van der Waals surface area (Å²) < 4.78 is 1.28. The molecule has 0 saturated heterocycles. The Hall–Kier alpha value is -3.38. The van der Waals surface area contributed by atoms with E-state index in [9.17, 15) is 4.79 Å². The lowest BCUT2D eigenvalue weighted by molar-refractivity contribution is 0.797. The van der Waals surface area contributed by atoms with Crippen molar-refractivity contribution in [3.05, 3.63) is 57.5 Å². The van der Waals surface area contributed by atoms with E-state index in [1.54, 1.807) is 18.2 Å². The first-order chi connectivity index (χ1) is 11.1. The Morgan fingerprint density at radius 2 is 2.04 bits per heavy atom. The maximum absolute atomic E-state index is 12.8. The zero-order chi connectivity index (χ0) is 16.6. The van der Waals surface area contributed by atoms with Crippen LogP contribution < -0.4 is 5.56 Å². The molecule has 1 aromatic carbocycles. The van der Waals surface area contributed by atoms with Gasteiger partial charge >= 0.3 is 0 Å². The third-order valence-electron chi connectivity index (χ3n) is 3.66. The molecular formula is C17H13N5O. The number of benzene rings is 1. The van der Waals surface area contributed by atoms with Crippen molar-refractivity contribution < 1.29 is 0 Å². The van der Waals surface area contributed by atoms with Crippen molar-refractivity contribution >= 4 is 5.65 Å². The maximum Gasteiger partial charge on any atom is 0.276 e. The summed E-state index contributed by atoms with van der Waals surface area (Å²) in [5.74, 6) is -0.0542. The molecule has 2 aromatic heterocycles. The molecule has 0 bridgehead atoms. The normalized spacial score (nSPS) is 10.7. The Morgan fingerprint density at radius 3 is 2.70 bits per heavy atom. The summed E-state index contributed by atoms with van der Waals surface area (Å²) in [7, 11) is 0. The molecule has 3 rings (SSSR count). The van der Waals surface area contributed by atoms with Gasteiger partial charge in [0, 0.05) is 17.3 Å². The lowest BCUT2D eigenvalue weighted by Crippen LogP contribution is -2.22. The molecule has 0 radical (unpaired) electrons. The number of hydrogen-bond donors (Lipinski definition) is 1. The molecule has 0 aliphatic rings. The highest BCUT2D eigenvalue weighted by atomic mass is 16.1. The van der Waals surface area contributed by atoms with Crippen LogP contribution in [0.1, 0.15) is 36.5 Å². The Bertz CT molecular complexity index is 1040. The monoisotopic (exact) mass is 303 g/mol. The molecule has 0 fully saturated rings. The predicted molar refractivity (Wildman–Crippen MR) is 84.8 cm³/mol. The second-order valence-electron chi connectivity index (χ2n) is 5.48. The van der Waals surface area contributed by atoms with Gasteiger partial charge in [-0.15, -0.1) is 0 Å². The minimum atomic E-state index is -0.233. The van der Waals surface area contributed by atoms with Gasteiger partial charge in [0.1, 0.15) is 11.6 Å². The predicted octanol–water partition coefficient (Wildman–Crippen LogP) is 2.56. The summed E-state index contributed by atoms with van der Waals surface area (Å²) in [6.07, 6.45) is 1.46. The van der Waals surface area contributed by atoms with E-state index in [1.807, 2.05) is 26.0 Å². The summed E-state index contributed by atoms with van der Waals surface area (Å²) in [4.78, 5) is 17.3. The van der Waals surface area contributed by atoms with Crippen LogP contribution >= 0.6 is 0 Å². The summed E-state index contributed by atoms with van der Waals surface area (Å²) in [6, 6.07) is 11.1. The van der Waals surface area contributed by atoms with Gasteiger partial charge in [0.25, 0.3) is 5.56 Å². The highest BCUT2D eigenvalue weighted by Gasteiger charge is 2.19. The number of aromatic nitrogens is 3. The Morgan fingerprint density at radius 1 is 1.26 bits per heavy atom. The third-order valence-corrected chi connectivity index (χ3v) is 3.66. The van der Waals surface area contributed by atoms with Crippen LogP contribution in [-0.2, 0) is 0 Å². The summed E-state index contributed by atoms with van der Waals surface area (Å²) >= 11 is 0. The zero-order valence-corrected chi connectivity index (χ0v) is 12.7. The Kier molecular flexibility index (Phi) is 3.44. The summed E-state index contributed by atoms with van der Waals surface area (Å²) in [6.45, 7) is 3.83. The van der Waals surface area contributed by atoms with E-state index in [-0.39, 0.29) is 11.5 Å². The fraction of sp³-hybridized carbons (Fsp3) is 0.176. The second kappa shape index (κ2) is 5.43. The smallest absolute Gasteiger partial charge is 0.276 e. The number of H-pyrrole nitrogens is 1. The molecule has 3 aromatic rings. The first kappa shape index (κ1) is 14.6. The van der Waals surface area contributed by atoms with Crippen molar-refractivity contribution in [2.75, 3.05) is 0 Å². The van der Waals surface area contributed by atoms with E-state index in [0.717, 1.165) is 0 Å². The lowest BCUT2D eigenvalue weighted by atomic mass is 9.97. The van der Waals surface area contributed by atoms with Gasteiger partial charge in [0.15, 0.2) is 5.65 Å². The zero-order valence-electron chi connectivity index (χ0n) is 12.7. The van der Waals surface area contributed by atoms with Gasteiger partial charge in [-0.1, -0.05) is 26.0 Å². The molecule has 23 heavy (non-hydrogen) atoms. The van der Waals surface area contributed by atoms with E-state index >= 15 is 0 Å². The van der Waals surface area contributed by atoms with Crippen molar-refractivity contribution in [2.24, 2.45) is 0 Å². The number of nitrogens with zero attached hydrogens (tertiary/aromatic N) is 4. The van der Waals surface area contributed by atoms with Crippen molar-refractivity contribution in [3.63, 3.8) is 0 Å². The number of hydrogen-bond acceptors (Lipinski definition) is 4. The van der Waals surface area contributed by atoms with Crippen LogP contribution in [0.15, 0.2) is 35.3 Å². The molecule has 0 aliphatic heterocycles. The van der Waals surface area contributed by atoms with Gasteiger partial charge < -0.3 is 0 Å². The van der Waals surface area contributed by atoms with Crippen molar-refractivity contribution in [3.8, 4) is 23.4 Å². The van der Waals surface area contributed by atoms with Crippen LogP contribution in [0.4, 0.5) is 0 Å². The van der Waals surface area contributed by atoms with Crippen LogP contribution in [0.3, 0.4) is 0 Å². The molecule has 0 spiro atoms. The lowest BCUT2D eigenvalue weighted by Gasteiger charge is -2.12. The minimum absolute atomic E-state index is 0.0542.